The minimum atomic E-state index is -0.214. The normalized spacial score (nSPS) is 10.1. The summed E-state index contributed by atoms with van der Waals surface area (Å²) < 4.78 is 0.773. The van der Waals surface area contributed by atoms with E-state index in [1.807, 2.05) is 19.1 Å². The number of carbonyl (C=O) groups excluding carboxylic acids is 1. The van der Waals surface area contributed by atoms with E-state index < -0.39 is 0 Å². The minimum Gasteiger partial charge on any atom is -0.399 e. The van der Waals surface area contributed by atoms with Gasteiger partial charge < -0.3 is 11.1 Å². The number of nitrogens with two attached hydrogens (primary N) is 1. The molecule has 1 heterocycles. The lowest BCUT2D eigenvalue weighted by Gasteiger charge is -2.06. The van der Waals surface area contributed by atoms with Gasteiger partial charge in [-0.2, -0.15) is 0 Å². The average molecular weight is 306 g/mol. The van der Waals surface area contributed by atoms with Gasteiger partial charge in [-0.1, -0.05) is 15.9 Å². The maximum Gasteiger partial charge on any atom is 0.255 e. The van der Waals surface area contributed by atoms with E-state index >= 15 is 0 Å². The lowest BCUT2D eigenvalue weighted by Crippen LogP contribution is -2.12. The Kier molecular flexibility index (Phi) is 3.62. The van der Waals surface area contributed by atoms with Crippen LogP contribution in [0.4, 0.5) is 11.4 Å². The first-order chi connectivity index (χ1) is 8.54. The molecule has 2 rings (SSSR count). The zero-order valence-electron chi connectivity index (χ0n) is 9.77. The number of aromatic nitrogens is 1. The van der Waals surface area contributed by atoms with Gasteiger partial charge in [0.25, 0.3) is 5.91 Å². The van der Waals surface area contributed by atoms with E-state index in [2.05, 4.69) is 26.2 Å². The van der Waals surface area contributed by atoms with Crippen LogP contribution in [0, 0.1) is 6.92 Å². The molecule has 92 valence electrons. The van der Waals surface area contributed by atoms with Crippen molar-refractivity contribution in [2.45, 2.75) is 6.92 Å². The van der Waals surface area contributed by atoms with Crippen LogP contribution < -0.4 is 11.1 Å². The van der Waals surface area contributed by atoms with Crippen molar-refractivity contribution in [2.75, 3.05) is 11.1 Å². The summed E-state index contributed by atoms with van der Waals surface area (Å²) in [5.41, 5.74) is 8.29. The number of carbonyl (C=O) groups is 1. The average Bonchev–Trinajstić information content (AvgIpc) is 2.31. The molecule has 0 saturated carbocycles. The molecule has 0 bridgehead atoms. The van der Waals surface area contributed by atoms with E-state index in [0.717, 1.165) is 10.2 Å². The van der Waals surface area contributed by atoms with Crippen LogP contribution in [0.5, 0.6) is 0 Å². The van der Waals surface area contributed by atoms with Crippen molar-refractivity contribution in [2.24, 2.45) is 0 Å². The molecule has 0 aliphatic carbocycles. The van der Waals surface area contributed by atoms with Gasteiger partial charge in [-0.25, -0.2) is 0 Å². The number of amides is 1. The van der Waals surface area contributed by atoms with Crippen LogP contribution in [0.15, 0.2) is 41.0 Å². The second-order valence-corrected chi connectivity index (χ2v) is 4.83. The first-order valence-corrected chi connectivity index (χ1v) is 6.14. The molecule has 3 N–H and O–H groups in total. The number of pyridine rings is 1. The quantitative estimate of drug-likeness (QED) is 0.838. The monoisotopic (exact) mass is 305 g/mol. The molecule has 1 aromatic carbocycles. The molecule has 0 aliphatic rings. The van der Waals surface area contributed by atoms with Crippen molar-refractivity contribution in [3.05, 3.63) is 52.3 Å². The topological polar surface area (TPSA) is 68.0 Å². The van der Waals surface area contributed by atoms with Crippen molar-refractivity contribution < 1.29 is 4.79 Å². The Hall–Kier alpha value is -1.88. The minimum absolute atomic E-state index is 0.214. The summed E-state index contributed by atoms with van der Waals surface area (Å²) in [5.74, 6) is -0.214. The molecule has 18 heavy (non-hydrogen) atoms. The van der Waals surface area contributed by atoms with Crippen molar-refractivity contribution in [1.29, 1.82) is 0 Å². The molecule has 0 spiro atoms. The lowest BCUT2D eigenvalue weighted by atomic mass is 10.2. The summed E-state index contributed by atoms with van der Waals surface area (Å²) in [4.78, 5) is 16.1. The molecule has 2 aromatic rings. The van der Waals surface area contributed by atoms with Gasteiger partial charge in [-0.15, -0.1) is 0 Å². The maximum absolute atomic E-state index is 12.0. The molecular weight excluding hydrogens is 294 g/mol. The summed E-state index contributed by atoms with van der Waals surface area (Å²) in [6.45, 7) is 1.89. The van der Waals surface area contributed by atoms with Gasteiger partial charge in [0.1, 0.15) is 0 Å². The fourth-order valence-electron chi connectivity index (χ4n) is 1.49. The lowest BCUT2D eigenvalue weighted by molar-refractivity contribution is 0.102. The van der Waals surface area contributed by atoms with Crippen molar-refractivity contribution in [1.82, 2.24) is 4.98 Å². The van der Waals surface area contributed by atoms with Crippen LogP contribution in [0.3, 0.4) is 0 Å². The summed E-state index contributed by atoms with van der Waals surface area (Å²) in [7, 11) is 0. The Labute approximate surface area is 113 Å². The van der Waals surface area contributed by atoms with Gasteiger partial charge in [0.05, 0.1) is 11.9 Å². The van der Waals surface area contributed by atoms with E-state index in [4.69, 9.17) is 5.73 Å². The zero-order valence-corrected chi connectivity index (χ0v) is 11.4. The Morgan fingerprint density at radius 3 is 2.72 bits per heavy atom. The van der Waals surface area contributed by atoms with Gasteiger partial charge in [0.2, 0.25) is 0 Å². The number of rotatable bonds is 2. The maximum atomic E-state index is 12.0. The number of benzene rings is 1. The van der Waals surface area contributed by atoms with Crippen LogP contribution in [0.1, 0.15) is 16.1 Å². The predicted octanol–water partition coefficient (Wildman–Crippen LogP) is 2.99. The number of nitrogen functional groups attached to an aromatic ring is 1. The molecular formula is C13H12BrN3O. The number of halogens is 1. The number of anilines is 2. The van der Waals surface area contributed by atoms with Crippen molar-refractivity contribution in [3.63, 3.8) is 0 Å². The molecule has 0 saturated heterocycles. The highest BCUT2D eigenvalue weighted by Gasteiger charge is 2.07. The molecule has 0 fully saturated rings. The summed E-state index contributed by atoms with van der Waals surface area (Å²) in [5, 5.41) is 2.76. The number of hydrogen-bond acceptors (Lipinski definition) is 3. The molecule has 0 aliphatic heterocycles. The second kappa shape index (κ2) is 5.18. The molecule has 1 aromatic heterocycles. The number of hydrogen-bond donors (Lipinski definition) is 2. The Balaban J connectivity index is 2.19. The first-order valence-electron chi connectivity index (χ1n) is 5.34. The van der Waals surface area contributed by atoms with Crippen molar-refractivity contribution in [3.8, 4) is 0 Å². The molecule has 4 nitrogen and oxygen atoms in total. The third-order valence-electron chi connectivity index (χ3n) is 2.35. The number of aryl methyl sites for hydroxylation is 1. The van der Waals surface area contributed by atoms with Gasteiger partial charge >= 0.3 is 0 Å². The third kappa shape index (κ3) is 3.07. The van der Waals surface area contributed by atoms with Crippen LogP contribution in [0.2, 0.25) is 0 Å². The summed E-state index contributed by atoms with van der Waals surface area (Å²) in [6.07, 6.45) is 1.62. The fraction of sp³-hybridized carbons (Fsp3) is 0.0769. The summed E-state index contributed by atoms with van der Waals surface area (Å²) in [6, 6.07) is 8.73. The summed E-state index contributed by atoms with van der Waals surface area (Å²) >= 11 is 3.30. The SMILES string of the molecule is Cc1ccc(NC(=O)c2cc(N)cc(Br)c2)cn1. The standard InChI is InChI=1S/C13H12BrN3O/c1-8-2-3-12(7-16-8)17-13(18)9-4-10(14)6-11(15)5-9/h2-7H,15H2,1H3,(H,17,18). The smallest absolute Gasteiger partial charge is 0.255 e. The first kappa shape index (κ1) is 12.6. The second-order valence-electron chi connectivity index (χ2n) is 3.92. The number of nitrogens with one attached hydrogen (secondary N) is 1. The highest BCUT2D eigenvalue weighted by Crippen LogP contribution is 2.18. The highest BCUT2D eigenvalue weighted by molar-refractivity contribution is 9.10. The highest BCUT2D eigenvalue weighted by atomic mass is 79.9. The molecule has 1 amide bonds. The van der Waals surface area contributed by atoms with Crippen molar-refractivity contribution >= 4 is 33.2 Å². The Morgan fingerprint density at radius 2 is 2.11 bits per heavy atom. The largest absolute Gasteiger partial charge is 0.399 e. The van der Waals surface area contributed by atoms with Crippen LogP contribution in [-0.4, -0.2) is 10.9 Å². The van der Waals surface area contributed by atoms with Crippen LogP contribution in [-0.2, 0) is 0 Å². The van der Waals surface area contributed by atoms with Gasteiger partial charge in [0, 0.05) is 21.4 Å². The predicted molar refractivity (Wildman–Crippen MR) is 75.5 cm³/mol. The van der Waals surface area contributed by atoms with E-state index in [1.165, 1.54) is 0 Å². The Morgan fingerprint density at radius 1 is 1.33 bits per heavy atom. The van der Waals surface area contributed by atoms with Crippen LogP contribution in [0.25, 0.3) is 0 Å². The van der Waals surface area contributed by atoms with Gasteiger partial charge in [-0.05, 0) is 37.3 Å². The fourth-order valence-corrected chi connectivity index (χ4v) is 2.00. The Bertz CT molecular complexity index is 561. The zero-order chi connectivity index (χ0) is 13.1. The third-order valence-corrected chi connectivity index (χ3v) is 2.81. The van der Waals surface area contributed by atoms with Gasteiger partial charge in [0.15, 0.2) is 0 Å². The molecule has 0 unspecified atom stereocenters. The van der Waals surface area contributed by atoms with E-state index in [9.17, 15) is 4.79 Å². The van der Waals surface area contributed by atoms with Gasteiger partial charge in [-0.3, -0.25) is 9.78 Å². The number of nitrogens with zero attached hydrogens (tertiary/aromatic N) is 1. The molecule has 0 atom stereocenters. The van der Waals surface area contributed by atoms with Crippen LogP contribution >= 0.6 is 15.9 Å². The molecule has 5 heteroatoms. The van der Waals surface area contributed by atoms with E-state index in [0.29, 0.717) is 16.9 Å². The van der Waals surface area contributed by atoms with E-state index in [1.54, 1.807) is 24.4 Å². The molecule has 0 radical (unpaired) electrons. The van der Waals surface area contributed by atoms with E-state index in [-0.39, 0.29) is 5.91 Å².